The molecule has 3 heterocycles. The van der Waals surface area contributed by atoms with Gasteiger partial charge in [-0.25, -0.2) is 15.0 Å². The average molecular weight is 542 g/mol. The first-order valence-electron chi connectivity index (χ1n) is 13.0. The lowest BCUT2D eigenvalue weighted by molar-refractivity contribution is 0.102. The Balaban J connectivity index is 1.32. The molecule has 0 aliphatic heterocycles. The zero-order chi connectivity index (χ0) is 28.8. The molecule has 9 heteroatoms. The van der Waals surface area contributed by atoms with Crippen LogP contribution in [0.2, 0.25) is 0 Å². The molecule has 5 rings (SSSR count). The summed E-state index contributed by atoms with van der Waals surface area (Å²) in [6.45, 7) is 4.03. The second-order valence-corrected chi connectivity index (χ2v) is 9.65. The quantitative estimate of drug-likeness (QED) is 0.262. The number of hydrogen-bond donors (Lipinski definition) is 1. The van der Waals surface area contributed by atoms with E-state index in [9.17, 15) is 4.79 Å². The number of nitrogens with zero attached hydrogens (tertiary/aromatic N) is 6. The van der Waals surface area contributed by atoms with Crippen molar-refractivity contribution in [3.63, 3.8) is 0 Å². The van der Waals surface area contributed by atoms with Crippen molar-refractivity contribution in [3.8, 4) is 34.2 Å². The van der Waals surface area contributed by atoms with Crippen molar-refractivity contribution < 1.29 is 9.53 Å². The Bertz CT molecular complexity index is 1750. The molecule has 41 heavy (non-hydrogen) atoms. The highest BCUT2D eigenvalue weighted by molar-refractivity contribution is 6.04. The lowest BCUT2D eigenvalue weighted by Crippen LogP contribution is -2.12. The van der Waals surface area contributed by atoms with Crippen molar-refractivity contribution in [2.45, 2.75) is 26.2 Å². The van der Waals surface area contributed by atoms with Crippen LogP contribution in [0, 0.1) is 18.3 Å². The SMILES string of the molecule is COc1cc(-c2cncc(C[C@@H](C)c3cccc(NC(=O)c4cncc(C)c4)c3)n2)ccc1-c1cnc(C#N)nc1. The highest BCUT2D eigenvalue weighted by Gasteiger charge is 2.14. The molecule has 0 saturated heterocycles. The van der Waals surface area contributed by atoms with E-state index in [2.05, 4.69) is 32.2 Å². The van der Waals surface area contributed by atoms with Crippen molar-refractivity contribution in [2.24, 2.45) is 0 Å². The number of ether oxygens (including phenoxy) is 1. The summed E-state index contributed by atoms with van der Waals surface area (Å²) in [5.74, 6) is 0.682. The van der Waals surface area contributed by atoms with Crippen LogP contribution in [0.1, 0.15) is 45.8 Å². The van der Waals surface area contributed by atoms with Crippen LogP contribution in [0.4, 0.5) is 5.69 Å². The minimum absolute atomic E-state index is 0.113. The van der Waals surface area contributed by atoms with Gasteiger partial charge in [-0.05, 0) is 60.7 Å². The van der Waals surface area contributed by atoms with Crippen LogP contribution in [-0.2, 0) is 6.42 Å². The fraction of sp³-hybridized carbons (Fsp3) is 0.156. The Morgan fingerprint density at radius 3 is 2.54 bits per heavy atom. The molecule has 1 atom stereocenters. The molecule has 2 aromatic carbocycles. The highest BCUT2D eigenvalue weighted by Crippen LogP contribution is 2.33. The summed E-state index contributed by atoms with van der Waals surface area (Å²) in [6, 6.07) is 17.3. The monoisotopic (exact) mass is 541 g/mol. The van der Waals surface area contributed by atoms with Gasteiger partial charge in [0.15, 0.2) is 0 Å². The standard InChI is InChI=1S/C32H27N7O2/c1-20-9-24(15-34-14-20)32(40)39-26-6-4-5-22(11-26)21(2)10-27-18-35-19-29(38-27)23-7-8-28(30(12-23)41-3)25-16-36-31(13-33)37-17-25/h4-9,11-12,14-19,21H,10H2,1-3H3,(H,39,40)/t21-/m1/s1. The maximum Gasteiger partial charge on any atom is 0.257 e. The van der Waals surface area contributed by atoms with E-state index in [1.807, 2.05) is 61.5 Å². The van der Waals surface area contributed by atoms with Gasteiger partial charge >= 0.3 is 0 Å². The number of nitriles is 1. The maximum atomic E-state index is 12.7. The van der Waals surface area contributed by atoms with Gasteiger partial charge in [-0.3, -0.25) is 14.8 Å². The predicted octanol–water partition coefficient (Wildman–Crippen LogP) is 5.78. The third-order valence-electron chi connectivity index (χ3n) is 6.61. The second kappa shape index (κ2) is 12.1. The number of pyridine rings is 1. The molecule has 5 aromatic rings. The van der Waals surface area contributed by atoms with E-state index in [0.717, 1.165) is 44.9 Å². The van der Waals surface area contributed by atoms with Gasteiger partial charge in [0, 0.05) is 53.4 Å². The lowest BCUT2D eigenvalue weighted by Gasteiger charge is -2.14. The van der Waals surface area contributed by atoms with E-state index in [1.165, 1.54) is 0 Å². The first kappa shape index (κ1) is 27.1. The van der Waals surface area contributed by atoms with Gasteiger partial charge in [0.05, 0.1) is 30.3 Å². The van der Waals surface area contributed by atoms with Gasteiger partial charge in [-0.1, -0.05) is 25.1 Å². The molecular weight excluding hydrogens is 514 g/mol. The molecule has 0 bridgehead atoms. The second-order valence-electron chi connectivity index (χ2n) is 9.65. The molecule has 0 aliphatic carbocycles. The van der Waals surface area contributed by atoms with Crippen LogP contribution >= 0.6 is 0 Å². The molecule has 0 unspecified atom stereocenters. The number of carbonyl (C=O) groups is 1. The fourth-order valence-electron chi connectivity index (χ4n) is 4.49. The van der Waals surface area contributed by atoms with Gasteiger partial charge < -0.3 is 10.1 Å². The van der Waals surface area contributed by atoms with E-state index in [-0.39, 0.29) is 17.6 Å². The van der Waals surface area contributed by atoms with E-state index in [4.69, 9.17) is 15.0 Å². The molecule has 9 nitrogen and oxygen atoms in total. The molecule has 0 spiro atoms. The van der Waals surface area contributed by atoms with Crippen LogP contribution in [0.5, 0.6) is 5.75 Å². The summed E-state index contributed by atoms with van der Waals surface area (Å²) in [6.07, 6.45) is 10.6. The van der Waals surface area contributed by atoms with Crippen LogP contribution in [0.25, 0.3) is 22.4 Å². The summed E-state index contributed by atoms with van der Waals surface area (Å²) in [4.78, 5) is 34.2. The van der Waals surface area contributed by atoms with E-state index in [0.29, 0.717) is 17.7 Å². The van der Waals surface area contributed by atoms with Gasteiger partial charge in [0.25, 0.3) is 5.91 Å². The maximum absolute atomic E-state index is 12.7. The van der Waals surface area contributed by atoms with Crippen LogP contribution in [-0.4, -0.2) is 37.9 Å². The zero-order valence-corrected chi connectivity index (χ0v) is 22.9. The zero-order valence-electron chi connectivity index (χ0n) is 22.9. The average Bonchev–Trinajstić information content (AvgIpc) is 3.01. The number of benzene rings is 2. The summed E-state index contributed by atoms with van der Waals surface area (Å²) in [5, 5.41) is 11.9. The van der Waals surface area contributed by atoms with Gasteiger partial charge in [-0.2, -0.15) is 5.26 Å². The minimum Gasteiger partial charge on any atom is -0.496 e. The van der Waals surface area contributed by atoms with Crippen molar-refractivity contribution in [1.29, 1.82) is 5.26 Å². The normalized spacial score (nSPS) is 11.4. The summed E-state index contributed by atoms with van der Waals surface area (Å²) < 4.78 is 5.64. The van der Waals surface area contributed by atoms with Crippen molar-refractivity contribution in [3.05, 3.63) is 114 Å². The third kappa shape index (κ3) is 6.40. The summed E-state index contributed by atoms with van der Waals surface area (Å²) >= 11 is 0. The molecule has 1 N–H and O–H groups in total. The number of methoxy groups -OCH3 is 1. The number of aryl methyl sites for hydroxylation is 1. The Hall–Kier alpha value is -5.49. The molecule has 0 radical (unpaired) electrons. The van der Waals surface area contributed by atoms with E-state index in [1.54, 1.807) is 44.3 Å². The molecule has 3 aromatic heterocycles. The highest BCUT2D eigenvalue weighted by atomic mass is 16.5. The molecular formula is C32H27N7O2. The van der Waals surface area contributed by atoms with Gasteiger partial charge in [0.1, 0.15) is 11.8 Å². The Morgan fingerprint density at radius 2 is 1.78 bits per heavy atom. The number of amides is 1. The first-order valence-corrected chi connectivity index (χ1v) is 13.0. The number of carbonyl (C=O) groups excluding carboxylic acids is 1. The van der Waals surface area contributed by atoms with Crippen LogP contribution in [0.15, 0.2) is 85.7 Å². The Kier molecular flexibility index (Phi) is 8.02. The van der Waals surface area contributed by atoms with Crippen molar-refractivity contribution >= 4 is 11.6 Å². The minimum atomic E-state index is -0.197. The number of hydrogen-bond acceptors (Lipinski definition) is 8. The van der Waals surface area contributed by atoms with Crippen molar-refractivity contribution in [2.75, 3.05) is 12.4 Å². The van der Waals surface area contributed by atoms with Gasteiger partial charge in [0.2, 0.25) is 5.82 Å². The summed E-state index contributed by atoms with van der Waals surface area (Å²) in [5.41, 5.74) is 7.23. The molecule has 1 amide bonds. The number of nitrogens with one attached hydrogen (secondary N) is 1. The number of aromatic nitrogens is 5. The third-order valence-corrected chi connectivity index (χ3v) is 6.61. The largest absolute Gasteiger partial charge is 0.496 e. The fourth-order valence-corrected chi connectivity index (χ4v) is 4.49. The molecule has 0 aliphatic rings. The Morgan fingerprint density at radius 1 is 0.976 bits per heavy atom. The van der Waals surface area contributed by atoms with Crippen molar-refractivity contribution in [1.82, 2.24) is 24.9 Å². The smallest absolute Gasteiger partial charge is 0.257 e. The lowest BCUT2D eigenvalue weighted by atomic mass is 9.95. The van der Waals surface area contributed by atoms with E-state index >= 15 is 0 Å². The van der Waals surface area contributed by atoms with Crippen LogP contribution < -0.4 is 10.1 Å². The topological polar surface area (TPSA) is 127 Å². The predicted molar refractivity (Wildman–Crippen MR) is 155 cm³/mol. The van der Waals surface area contributed by atoms with Crippen LogP contribution in [0.3, 0.4) is 0 Å². The van der Waals surface area contributed by atoms with Gasteiger partial charge in [-0.15, -0.1) is 0 Å². The Labute approximate surface area is 238 Å². The summed E-state index contributed by atoms with van der Waals surface area (Å²) in [7, 11) is 1.60. The number of anilines is 1. The molecule has 202 valence electrons. The molecule has 0 saturated carbocycles. The first-order chi connectivity index (χ1) is 19.9. The molecule has 0 fully saturated rings. The number of rotatable bonds is 8. The van der Waals surface area contributed by atoms with E-state index < -0.39 is 0 Å².